The standard InChI is InChI=1S/C15H16O/c1-2-15(12-10-14(15)16)11-6-9-13-7-4-3-5-8-13/h2-9H,1,10-12H2/b9-6+/t15-/m0/s1. The fraction of sp³-hybridized carbons (Fsp3) is 0.267. The quantitative estimate of drug-likeness (QED) is 0.696. The van der Waals surface area contributed by atoms with Crippen LogP contribution in [0.1, 0.15) is 24.8 Å². The average Bonchev–Trinajstić information content (AvgIpc) is 2.34. The lowest BCUT2D eigenvalue weighted by Gasteiger charge is -2.36. The van der Waals surface area contributed by atoms with Gasteiger partial charge >= 0.3 is 0 Å². The summed E-state index contributed by atoms with van der Waals surface area (Å²) in [5.41, 5.74) is 0.916. The lowest BCUT2D eigenvalue weighted by molar-refractivity contribution is -0.134. The number of hydrogen-bond acceptors (Lipinski definition) is 1. The highest BCUT2D eigenvalue weighted by Crippen LogP contribution is 2.41. The van der Waals surface area contributed by atoms with Crippen molar-refractivity contribution in [3.63, 3.8) is 0 Å². The van der Waals surface area contributed by atoms with Crippen LogP contribution < -0.4 is 0 Å². The maximum absolute atomic E-state index is 11.5. The third-order valence-corrected chi connectivity index (χ3v) is 3.34. The third kappa shape index (κ3) is 1.99. The molecule has 1 aromatic carbocycles. The van der Waals surface area contributed by atoms with E-state index in [1.54, 1.807) is 0 Å². The van der Waals surface area contributed by atoms with E-state index in [-0.39, 0.29) is 5.41 Å². The average molecular weight is 212 g/mol. The van der Waals surface area contributed by atoms with E-state index in [9.17, 15) is 4.79 Å². The zero-order chi connectivity index (χ0) is 11.4. The molecule has 2 rings (SSSR count). The summed E-state index contributed by atoms with van der Waals surface area (Å²) >= 11 is 0. The molecule has 0 N–H and O–H groups in total. The molecule has 1 aromatic rings. The molecule has 0 unspecified atom stereocenters. The lowest BCUT2D eigenvalue weighted by Crippen LogP contribution is -2.38. The van der Waals surface area contributed by atoms with E-state index in [4.69, 9.17) is 0 Å². The minimum atomic E-state index is -0.259. The molecule has 0 spiro atoms. The Morgan fingerprint density at radius 2 is 2.06 bits per heavy atom. The monoisotopic (exact) mass is 212 g/mol. The van der Waals surface area contributed by atoms with Crippen LogP contribution in [0, 0.1) is 5.41 Å². The highest BCUT2D eigenvalue weighted by molar-refractivity contribution is 5.92. The fourth-order valence-corrected chi connectivity index (χ4v) is 2.03. The first-order chi connectivity index (χ1) is 7.77. The van der Waals surface area contributed by atoms with E-state index in [0.717, 1.165) is 12.8 Å². The van der Waals surface area contributed by atoms with Crippen LogP contribution >= 0.6 is 0 Å². The van der Waals surface area contributed by atoms with E-state index >= 15 is 0 Å². The van der Waals surface area contributed by atoms with Gasteiger partial charge in [-0.1, -0.05) is 48.6 Å². The Balaban J connectivity index is 1.99. The SMILES string of the molecule is C=C[C@]1(C/C=C/c2ccccc2)CCC1=O. The van der Waals surface area contributed by atoms with Crippen LogP contribution in [-0.4, -0.2) is 5.78 Å². The molecule has 1 heteroatoms. The normalized spacial score (nSPS) is 24.4. The molecule has 1 aliphatic carbocycles. The topological polar surface area (TPSA) is 17.1 Å². The number of allylic oxidation sites excluding steroid dienone is 2. The van der Waals surface area contributed by atoms with E-state index in [1.165, 1.54) is 5.56 Å². The molecule has 0 heterocycles. The summed E-state index contributed by atoms with van der Waals surface area (Å²) < 4.78 is 0. The summed E-state index contributed by atoms with van der Waals surface area (Å²) in [6.07, 6.45) is 8.41. The molecule has 1 aliphatic rings. The smallest absolute Gasteiger partial charge is 0.143 e. The minimum absolute atomic E-state index is 0.259. The summed E-state index contributed by atoms with van der Waals surface area (Å²) in [5, 5.41) is 0. The predicted octanol–water partition coefficient (Wildman–Crippen LogP) is 3.63. The molecule has 0 radical (unpaired) electrons. The fourth-order valence-electron chi connectivity index (χ4n) is 2.03. The molecular formula is C15H16O. The molecule has 0 aliphatic heterocycles. The van der Waals surface area contributed by atoms with Gasteiger partial charge in [-0.2, -0.15) is 0 Å². The molecule has 0 bridgehead atoms. The zero-order valence-electron chi connectivity index (χ0n) is 9.36. The van der Waals surface area contributed by atoms with E-state index in [2.05, 4.69) is 30.9 Å². The highest BCUT2D eigenvalue weighted by Gasteiger charge is 2.41. The minimum Gasteiger partial charge on any atom is -0.299 e. The molecule has 0 amide bonds. The Morgan fingerprint density at radius 1 is 1.31 bits per heavy atom. The van der Waals surface area contributed by atoms with Crippen molar-refractivity contribution in [2.45, 2.75) is 19.3 Å². The van der Waals surface area contributed by atoms with E-state index in [0.29, 0.717) is 12.2 Å². The second-order valence-corrected chi connectivity index (χ2v) is 4.30. The first-order valence-electron chi connectivity index (χ1n) is 5.65. The van der Waals surface area contributed by atoms with Gasteiger partial charge in [-0.05, 0) is 18.4 Å². The predicted molar refractivity (Wildman–Crippen MR) is 67.0 cm³/mol. The number of carbonyl (C=O) groups is 1. The summed E-state index contributed by atoms with van der Waals surface area (Å²) in [6.45, 7) is 3.78. The van der Waals surface area contributed by atoms with Crippen LogP contribution in [0.5, 0.6) is 0 Å². The second kappa shape index (κ2) is 4.48. The van der Waals surface area contributed by atoms with Gasteiger partial charge in [0.1, 0.15) is 5.78 Å². The molecule has 0 saturated heterocycles. The molecule has 0 aromatic heterocycles. The Hall–Kier alpha value is -1.63. The molecule has 1 atom stereocenters. The van der Waals surface area contributed by atoms with Crippen molar-refractivity contribution in [1.29, 1.82) is 0 Å². The summed E-state index contributed by atoms with van der Waals surface area (Å²) in [4.78, 5) is 11.5. The third-order valence-electron chi connectivity index (χ3n) is 3.34. The molecule has 1 nitrogen and oxygen atoms in total. The van der Waals surface area contributed by atoms with Gasteiger partial charge < -0.3 is 0 Å². The number of Topliss-reactive ketones (excluding diaryl/α,β-unsaturated/α-hetero) is 1. The van der Waals surface area contributed by atoms with Crippen molar-refractivity contribution in [3.05, 3.63) is 54.6 Å². The van der Waals surface area contributed by atoms with Crippen molar-refractivity contribution in [2.75, 3.05) is 0 Å². The number of carbonyl (C=O) groups excluding carboxylic acids is 1. The van der Waals surface area contributed by atoms with Gasteiger partial charge in [0.2, 0.25) is 0 Å². The number of rotatable bonds is 4. The van der Waals surface area contributed by atoms with E-state index in [1.807, 2.05) is 24.3 Å². The van der Waals surface area contributed by atoms with Crippen molar-refractivity contribution in [2.24, 2.45) is 5.41 Å². The van der Waals surface area contributed by atoms with Gasteiger partial charge in [0.15, 0.2) is 0 Å². The van der Waals surface area contributed by atoms with E-state index < -0.39 is 0 Å². The van der Waals surface area contributed by atoms with Gasteiger partial charge in [0.25, 0.3) is 0 Å². The zero-order valence-corrected chi connectivity index (χ0v) is 9.36. The number of benzene rings is 1. The van der Waals surface area contributed by atoms with Crippen LogP contribution in [0.2, 0.25) is 0 Å². The van der Waals surface area contributed by atoms with Crippen molar-refractivity contribution >= 4 is 11.9 Å². The maximum Gasteiger partial charge on any atom is 0.143 e. The van der Waals surface area contributed by atoms with Gasteiger partial charge in [0, 0.05) is 6.42 Å². The van der Waals surface area contributed by atoms with Gasteiger partial charge in [-0.25, -0.2) is 0 Å². The Bertz CT molecular complexity index is 416. The van der Waals surface area contributed by atoms with Crippen molar-refractivity contribution < 1.29 is 4.79 Å². The first kappa shape index (κ1) is 10.9. The number of hydrogen-bond donors (Lipinski definition) is 0. The summed E-state index contributed by atoms with van der Waals surface area (Å²) in [5.74, 6) is 0.334. The molecule has 16 heavy (non-hydrogen) atoms. The second-order valence-electron chi connectivity index (χ2n) is 4.30. The number of ketones is 1. The molecular weight excluding hydrogens is 196 g/mol. The van der Waals surface area contributed by atoms with Gasteiger partial charge in [-0.15, -0.1) is 6.58 Å². The molecule has 82 valence electrons. The van der Waals surface area contributed by atoms with Crippen LogP contribution in [0.25, 0.3) is 6.08 Å². The van der Waals surface area contributed by atoms with Crippen molar-refractivity contribution in [1.82, 2.24) is 0 Å². The largest absolute Gasteiger partial charge is 0.299 e. The summed E-state index contributed by atoms with van der Waals surface area (Å²) in [6, 6.07) is 10.1. The highest BCUT2D eigenvalue weighted by atomic mass is 16.1. The van der Waals surface area contributed by atoms with Crippen molar-refractivity contribution in [3.8, 4) is 0 Å². The van der Waals surface area contributed by atoms with Gasteiger partial charge in [-0.3, -0.25) is 4.79 Å². The maximum atomic E-state index is 11.5. The summed E-state index contributed by atoms with van der Waals surface area (Å²) in [7, 11) is 0. The van der Waals surface area contributed by atoms with Crippen LogP contribution in [-0.2, 0) is 4.79 Å². The molecule has 1 fully saturated rings. The Kier molecular flexibility index (Phi) is 3.04. The Labute approximate surface area is 96.5 Å². The first-order valence-corrected chi connectivity index (χ1v) is 5.65. The lowest BCUT2D eigenvalue weighted by atomic mass is 9.65. The van der Waals surface area contributed by atoms with Crippen LogP contribution in [0.4, 0.5) is 0 Å². The molecule has 1 saturated carbocycles. The van der Waals surface area contributed by atoms with Gasteiger partial charge in [0.05, 0.1) is 5.41 Å². The van der Waals surface area contributed by atoms with Crippen LogP contribution in [0.3, 0.4) is 0 Å². The van der Waals surface area contributed by atoms with Crippen LogP contribution in [0.15, 0.2) is 49.1 Å². The Morgan fingerprint density at radius 3 is 2.56 bits per heavy atom.